The summed E-state index contributed by atoms with van der Waals surface area (Å²) < 4.78 is 37.8. The number of halogens is 3. The van der Waals surface area contributed by atoms with E-state index in [1.54, 1.807) is 12.1 Å². The molecule has 2 rings (SSSR count). The molecule has 1 amide bonds. The number of nitrogens with one attached hydrogen (secondary N) is 1. The van der Waals surface area contributed by atoms with Gasteiger partial charge in [0.05, 0.1) is 12.0 Å². The van der Waals surface area contributed by atoms with Gasteiger partial charge in [0.2, 0.25) is 0 Å². The first-order chi connectivity index (χ1) is 10.2. The van der Waals surface area contributed by atoms with E-state index in [2.05, 4.69) is 0 Å². The van der Waals surface area contributed by atoms with E-state index in [0.717, 1.165) is 10.3 Å². The molecule has 2 N–H and O–H groups in total. The molecule has 0 saturated carbocycles. The third-order valence-electron chi connectivity index (χ3n) is 3.01. The third kappa shape index (κ3) is 3.76. The van der Waals surface area contributed by atoms with E-state index >= 15 is 0 Å². The number of rotatable bonds is 4. The van der Waals surface area contributed by atoms with E-state index in [1.165, 1.54) is 16.7 Å². The quantitative estimate of drug-likeness (QED) is 0.903. The maximum Gasteiger partial charge on any atom is 0.391 e. The van der Waals surface area contributed by atoms with Crippen molar-refractivity contribution in [2.45, 2.75) is 25.6 Å². The van der Waals surface area contributed by atoms with Crippen molar-refractivity contribution in [3.05, 3.63) is 34.7 Å². The number of aliphatic carboxylic acids is 1. The molecule has 0 fully saturated rings. The van der Waals surface area contributed by atoms with Crippen molar-refractivity contribution in [3.8, 4) is 0 Å². The van der Waals surface area contributed by atoms with E-state index in [9.17, 15) is 22.8 Å². The predicted octanol–water partition coefficient (Wildman–Crippen LogP) is 3.35. The monoisotopic (exact) mass is 331 g/mol. The average molecular weight is 331 g/mol. The third-order valence-corrected chi connectivity index (χ3v) is 3.96. The molecule has 2 aromatic rings. The zero-order valence-electron chi connectivity index (χ0n) is 11.4. The minimum absolute atomic E-state index is 0.174. The van der Waals surface area contributed by atoms with Crippen LogP contribution in [0.25, 0.3) is 10.1 Å². The smallest absolute Gasteiger partial charge is 0.391 e. The molecule has 0 radical (unpaired) electrons. The minimum atomic E-state index is -4.68. The van der Waals surface area contributed by atoms with Crippen molar-refractivity contribution in [3.63, 3.8) is 0 Å². The van der Waals surface area contributed by atoms with Crippen molar-refractivity contribution in [1.29, 1.82) is 0 Å². The number of aryl methyl sites for hydroxylation is 1. The minimum Gasteiger partial charge on any atom is -0.480 e. The maximum absolute atomic E-state index is 12.3. The molecule has 1 atom stereocenters. The van der Waals surface area contributed by atoms with Gasteiger partial charge in [-0.3, -0.25) is 4.79 Å². The van der Waals surface area contributed by atoms with Crippen LogP contribution in [0.3, 0.4) is 0 Å². The Morgan fingerprint density at radius 1 is 1.36 bits per heavy atom. The van der Waals surface area contributed by atoms with Crippen LogP contribution in [0.15, 0.2) is 23.6 Å². The standard InChI is InChI=1S/C14H12F3NO3S/c1-7-2-3-8-9(6-22-11(8)4-7)12(19)18-10(13(20)21)5-14(15,16)17/h2-4,6,10H,5H2,1H3,(H,18,19)(H,20,21). The van der Waals surface area contributed by atoms with E-state index < -0.39 is 30.5 Å². The van der Waals surface area contributed by atoms with Crippen molar-refractivity contribution in [2.24, 2.45) is 0 Å². The molecule has 0 aliphatic carbocycles. The van der Waals surface area contributed by atoms with Crippen molar-refractivity contribution in [2.75, 3.05) is 0 Å². The molecule has 0 bridgehead atoms. The van der Waals surface area contributed by atoms with Crippen LogP contribution >= 0.6 is 11.3 Å². The van der Waals surface area contributed by atoms with Crippen molar-refractivity contribution >= 4 is 33.3 Å². The molecule has 8 heteroatoms. The second-order valence-electron chi connectivity index (χ2n) is 4.83. The van der Waals surface area contributed by atoms with E-state index in [0.29, 0.717) is 5.39 Å². The van der Waals surface area contributed by atoms with Gasteiger partial charge in [0.1, 0.15) is 6.04 Å². The highest BCUT2D eigenvalue weighted by molar-refractivity contribution is 7.17. The predicted molar refractivity (Wildman–Crippen MR) is 76.1 cm³/mol. The summed E-state index contributed by atoms with van der Waals surface area (Å²) in [5.74, 6) is -2.55. The zero-order valence-corrected chi connectivity index (χ0v) is 12.2. The Hall–Kier alpha value is -2.09. The summed E-state index contributed by atoms with van der Waals surface area (Å²) >= 11 is 1.27. The molecule has 0 aliphatic heterocycles. The molecule has 1 aromatic carbocycles. The van der Waals surface area contributed by atoms with Gasteiger partial charge in [0.25, 0.3) is 5.91 Å². The molecule has 22 heavy (non-hydrogen) atoms. The highest BCUT2D eigenvalue weighted by Gasteiger charge is 2.36. The van der Waals surface area contributed by atoms with Gasteiger partial charge in [-0.25, -0.2) is 4.79 Å². The Morgan fingerprint density at radius 2 is 2.05 bits per heavy atom. The number of carboxylic acid groups (broad SMARTS) is 1. The Kier molecular flexibility index (Phi) is 4.41. The number of fused-ring (bicyclic) bond motifs is 1. The molecular weight excluding hydrogens is 319 g/mol. The van der Waals surface area contributed by atoms with Crippen LogP contribution in [0.2, 0.25) is 0 Å². The van der Waals surface area contributed by atoms with Gasteiger partial charge < -0.3 is 10.4 Å². The van der Waals surface area contributed by atoms with Crippen molar-refractivity contribution in [1.82, 2.24) is 5.32 Å². The number of hydrogen-bond donors (Lipinski definition) is 2. The molecule has 0 spiro atoms. The van der Waals surface area contributed by atoms with Crippen LogP contribution in [0, 0.1) is 6.92 Å². The SMILES string of the molecule is Cc1ccc2c(C(=O)NC(CC(F)(F)F)C(=O)O)csc2c1. The Balaban J connectivity index is 2.24. The summed E-state index contributed by atoms with van der Waals surface area (Å²) in [7, 11) is 0. The van der Waals surface area contributed by atoms with Crippen LogP contribution in [0.4, 0.5) is 13.2 Å². The van der Waals surface area contributed by atoms with Crippen LogP contribution in [0.1, 0.15) is 22.3 Å². The van der Waals surface area contributed by atoms with Gasteiger partial charge in [0, 0.05) is 15.5 Å². The number of hydrogen-bond acceptors (Lipinski definition) is 3. The van der Waals surface area contributed by atoms with Gasteiger partial charge in [0.15, 0.2) is 0 Å². The lowest BCUT2D eigenvalue weighted by atomic mass is 10.1. The summed E-state index contributed by atoms with van der Waals surface area (Å²) in [5.41, 5.74) is 1.16. The van der Waals surface area contributed by atoms with Gasteiger partial charge in [-0.05, 0) is 18.6 Å². The maximum atomic E-state index is 12.3. The first-order valence-corrected chi connectivity index (χ1v) is 7.13. The summed E-state index contributed by atoms with van der Waals surface area (Å²) in [6.45, 7) is 1.88. The van der Waals surface area contributed by atoms with Crippen LogP contribution in [0.5, 0.6) is 0 Å². The second-order valence-corrected chi connectivity index (χ2v) is 5.74. The lowest BCUT2D eigenvalue weighted by molar-refractivity contribution is -0.157. The lowest BCUT2D eigenvalue weighted by Crippen LogP contribution is -2.43. The summed E-state index contributed by atoms with van der Waals surface area (Å²) in [6, 6.07) is 3.31. The number of carbonyl (C=O) groups excluding carboxylic acids is 1. The Bertz CT molecular complexity index is 724. The van der Waals surface area contributed by atoms with Crippen molar-refractivity contribution < 1.29 is 27.9 Å². The second kappa shape index (κ2) is 5.96. The number of carboxylic acids is 1. The van der Waals surface area contributed by atoms with Gasteiger partial charge >= 0.3 is 12.1 Å². The van der Waals surface area contributed by atoms with Gasteiger partial charge in [-0.1, -0.05) is 12.1 Å². The highest BCUT2D eigenvalue weighted by atomic mass is 32.1. The van der Waals surface area contributed by atoms with Gasteiger partial charge in [-0.2, -0.15) is 13.2 Å². The Labute approximate surface area is 127 Å². The van der Waals surface area contributed by atoms with Crippen LogP contribution in [-0.4, -0.2) is 29.2 Å². The number of carbonyl (C=O) groups is 2. The fourth-order valence-corrected chi connectivity index (χ4v) is 3.02. The number of thiophene rings is 1. The fraction of sp³-hybridized carbons (Fsp3) is 0.286. The molecule has 1 heterocycles. The molecule has 118 valence electrons. The average Bonchev–Trinajstić information content (AvgIpc) is 2.78. The first-order valence-electron chi connectivity index (χ1n) is 6.25. The van der Waals surface area contributed by atoms with E-state index in [1.807, 2.05) is 18.3 Å². The molecule has 4 nitrogen and oxygen atoms in total. The molecule has 0 aliphatic rings. The largest absolute Gasteiger partial charge is 0.480 e. The fourth-order valence-electron chi connectivity index (χ4n) is 1.98. The molecule has 1 aromatic heterocycles. The summed E-state index contributed by atoms with van der Waals surface area (Å²) in [6.07, 6.45) is -6.29. The summed E-state index contributed by atoms with van der Waals surface area (Å²) in [5, 5.41) is 12.8. The normalized spacial score (nSPS) is 13.1. The Morgan fingerprint density at radius 3 is 2.64 bits per heavy atom. The molecule has 1 unspecified atom stereocenters. The molecular formula is C14H12F3NO3S. The van der Waals surface area contributed by atoms with E-state index in [-0.39, 0.29) is 5.56 Å². The first kappa shape index (κ1) is 16.3. The van der Waals surface area contributed by atoms with Gasteiger partial charge in [-0.15, -0.1) is 11.3 Å². The summed E-state index contributed by atoms with van der Waals surface area (Å²) in [4.78, 5) is 22.9. The number of amides is 1. The number of alkyl halides is 3. The van der Waals surface area contributed by atoms with Crippen LogP contribution in [-0.2, 0) is 4.79 Å². The molecule has 0 saturated heterocycles. The lowest BCUT2D eigenvalue weighted by Gasteiger charge is -2.16. The highest BCUT2D eigenvalue weighted by Crippen LogP contribution is 2.27. The van der Waals surface area contributed by atoms with Crippen LogP contribution < -0.4 is 5.32 Å². The topological polar surface area (TPSA) is 66.4 Å². The number of benzene rings is 1. The zero-order chi connectivity index (χ0) is 16.5. The van der Waals surface area contributed by atoms with E-state index in [4.69, 9.17) is 5.11 Å².